The van der Waals surface area contributed by atoms with Gasteiger partial charge in [-0.15, -0.1) is 0 Å². The second kappa shape index (κ2) is 49.0. The number of unbranched alkanes of at least 4 members (excludes halogenated alkanes) is 35. The zero-order chi connectivity index (χ0) is 43.0. The Morgan fingerprint density at radius 3 is 1.22 bits per heavy atom. The lowest BCUT2D eigenvalue weighted by molar-refractivity contribution is -0.143. The van der Waals surface area contributed by atoms with Crippen molar-refractivity contribution in [2.75, 3.05) is 13.2 Å². The van der Waals surface area contributed by atoms with Crippen LogP contribution < -0.4 is 5.32 Å². The van der Waals surface area contributed by atoms with Gasteiger partial charge in [0, 0.05) is 12.8 Å². The molecule has 2 unspecified atom stereocenters. The third-order valence-corrected chi connectivity index (χ3v) is 12.0. The first kappa shape index (κ1) is 57.3. The van der Waals surface area contributed by atoms with E-state index in [1.807, 2.05) is 6.08 Å². The van der Waals surface area contributed by atoms with Crippen LogP contribution in [0.1, 0.15) is 277 Å². The molecule has 1 amide bonds. The molecule has 59 heavy (non-hydrogen) atoms. The first-order valence-corrected chi connectivity index (χ1v) is 26.1. The summed E-state index contributed by atoms with van der Waals surface area (Å²) in [6, 6.07) is -0.629. The summed E-state index contributed by atoms with van der Waals surface area (Å²) in [5.41, 5.74) is 0. The number of allylic oxidation sites excluding steroid dienone is 3. The fourth-order valence-electron chi connectivity index (χ4n) is 7.92. The molecule has 0 rings (SSSR count). The van der Waals surface area contributed by atoms with Crippen molar-refractivity contribution in [1.29, 1.82) is 0 Å². The molecular weight excluding hydrogens is 731 g/mol. The summed E-state index contributed by atoms with van der Waals surface area (Å²) < 4.78 is 5.46. The topological polar surface area (TPSA) is 95.9 Å². The van der Waals surface area contributed by atoms with Crippen LogP contribution in [-0.4, -0.2) is 47.4 Å². The van der Waals surface area contributed by atoms with Crippen molar-refractivity contribution in [1.82, 2.24) is 5.32 Å². The summed E-state index contributed by atoms with van der Waals surface area (Å²) in [5, 5.41) is 23.0. The smallest absolute Gasteiger partial charge is 0.305 e. The Kier molecular flexibility index (Phi) is 47.6. The second-order valence-electron chi connectivity index (χ2n) is 17.9. The molecule has 0 aromatic carbocycles. The van der Waals surface area contributed by atoms with E-state index in [-0.39, 0.29) is 18.5 Å². The number of rotatable bonds is 48. The van der Waals surface area contributed by atoms with Crippen LogP contribution in [0.5, 0.6) is 0 Å². The molecule has 0 bridgehead atoms. The van der Waals surface area contributed by atoms with Gasteiger partial charge < -0.3 is 20.3 Å². The predicted molar refractivity (Wildman–Crippen MR) is 255 cm³/mol. The molecule has 0 saturated heterocycles. The number of carbonyl (C=O) groups is 2. The second-order valence-corrected chi connectivity index (χ2v) is 17.9. The van der Waals surface area contributed by atoms with Gasteiger partial charge in [-0.25, -0.2) is 0 Å². The predicted octanol–water partition coefficient (Wildman–Crippen LogP) is 15.5. The summed E-state index contributed by atoms with van der Waals surface area (Å²) in [4.78, 5) is 24.4. The average Bonchev–Trinajstić information content (AvgIpc) is 3.24. The maximum absolute atomic E-state index is 12.4. The first-order valence-electron chi connectivity index (χ1n) is 26.1. The Hall–Kier alpha value is -1.66. The summed E-state index contributed by atoms with van der Waals surface area (Å²) in [6.07, 6.45) is 57.5. The van der Waals surface area contributed by atoms with E-state index < -0.39 is 12.1 Å². The third kappa shape index (κ3) is 45.7. The van der Waals surface area contributed by atoms with Gasteiger partial charge in [-0.1, -0.05) is 231 Å². The zero-order valence-corrected chi connectivity index (χ0v) is 39.5. The number of esters is 1. The summed E-state index contributed by atoms with van der Waals surface area (Å²) in [5.74, 6) is -0.0768. The van der Waals surface area contributed by atoms with Crippen molar-refractivity contribution in [3.05, 3.63) is 24.3 Å². The minimum absolute atomic E-state index is 0.00322. The molecule has 6 nitrogen and oxygen atoms in total. The number of hydrogen-bond acceptors (Lipinski definition) is 5. The number of aliphatic hydroxyl groups is 2. The van der Waals surface area contributed by atoms with Gasteiger partial charge in [0.15, 0.2) is 0 Å². The largest absolute Gasteiger partial charge is 0.466 e. The highest BCUT2D eigenvalue weighted by Gasteiger charge is 2.18. The van der Waals surface area contributed by atoms with E-state index in [0.29, 0.717) is 19.4 Å². The van der Waals surface area contributed by atoms with Gasteiger partial charge >= 0.3 is 5.97 Å². The van der Waals surface area contributed by atoms with Crippen LogP contribution in [0.2, 0.25) is 0 Å². The van der Waals surface area contributed by atoms with E-state index in [2.05, 4.69) is 31.3 Å². The lowest BCUT2D eigenvalue weighted by atomic mass is 10.0. The normalized spacial score (nSPS) is 12.8. The molecule has 0 aromatic heterocycles. The molecule has 3 N–H and O–H groups in total. The van der Waals surface area contributed by atoms with Crippen molar-refractivity contribution in [2.24, 2.45) is 0 Å². The van der Waals surface area contributed by atoms with Crippen LogP contribution in [0, 0.1) is 0 Å². The lowest BCUT2D eigenvalue weighted by Crippen LogP contribution is -2.45. The molecule has 0 radical (unpaired) electrons. The molecule has 6 heteroatoms. The van der Waals surface area contributed by atoms with Gasteiger partial charge in [0.25, 0.3) is 0 Å². The fraction of sp³-hybridized carbons (Fsp3) is 0.887. The summed E-state index contributed by atoms with van der Waals surface area (Å²) in [7, 11) is 0. The van der Waals surface area contributed by atoms with Crippen molar-refractivity contribution in [3.8, 4) is 0 Å². The Balaban J connectivity index is 3.42. The summed E-state index contributed by atoms with van der Waals surface area (Å²) in [6.45, 7) is 4.86. The zero-order valence-electron chi connectivity index (χ0n) is 39.5. The van der Waals surface area contributed by atoms with E-state index in [1.54, 1.807) is 6.08 Å². The van der Waals surface area contributed by atoms with E-state index in [1.165, 1.54) is 205 Å². The van der Waals surface area contributed by atoms with Crippen LogP contribution in [-0.2, 0) is 14.3 Å². The Labute approximate surface area is 367 Å². The van der Waals surface area contributed by atoms with E-state index in [4.69, 9.17) is 4.74 Å². The third-order valence-electron chi connectivity index (χ3n) is 12.0. The van der Waals surface area contributed by atoms with Crippen molar-refractivity contribution >= 4 is 11.9 Å². The molecule has 348 valence electrons. The SMILES string of the molecule is CCCCCC/C=C\CCCCCCCC(=O)OCCCCCCCCCCCCCCCCCCCCC(=O)NC(CO)C(O)/C=C/CCCCCCCCCCC. The lowest BCUT2D eigenvalue weighted by Gasteiger charge is -2.20. The molecule has 0 aliphatic carbocycles. The van der Waals surface area contributed by atoms with Crippen LogP contribution in [0.25, 0.3) is 0 Å². The first-order chi connectivity index (χ1) is 29.0. The highest BCUT2D eigenvalue weighted by atomic mass is 16.5. The maximum Gasteiger partial charge on any atom is 0.305 e. The molecule has 0 saturated carbocycles. The maximum atomic E-state index is 12.4. The summed E-state index contributed by atoms with van der Waals surface area (Å²) >= 11 is 0. The van der Waals surface area contributed by atoms with Crippen LogP contribution in [0.4, 0.5) is 0 Å². The van der Waals surface area contributed by atoms with Crippen LogP contribution in [0.15, 0.2) is 24.3 Å². The number of amides is 1. The Morgan fingerprint density at radius 1 is 0.458 bits per heavy atom. The number of ether oxygens (including phenoxy) is 1. The van der Waals surface area contributed by atoms with E-state index in [9.17, 15) is 19.8 Å². The molecule has 2 atom stereocenters. The van der Waals surface area contributed by atoms with Gasteiger partial charge in [-0.2, -0.15) is 0 Å². The molecule has 0 heterocycles. The van der Waals surface area contributed by atoms with Gasteiger partial charge in [0.2, 0.25) is 5.91 Å². The number of carbonyl (C=O) groups excluding carboxylic acids is 2. The monoisotopic (exact) mass is 832 g/mol. The number of aliphatic hydroxyl groups excluding tert-OH is 2. The quantitative estimate of drug-likeness (QED) is 0.0322. The van der Waals surface area contributed by atoms with Crippen LogP contribution >= 0.6 is 0 Å². The standard InChI is InChI=1S/C53H101NO5/c1-3-5-7-9-11-13-15-22-27-31-35-39-43-47-53(58)59-48-44-40-36-32-28-24-21-19-17-16-18-20-23-26-30-34-38-42-46-52(57)54-50(49-55)51(56)45-41-37-33-29-25-14-12-10-8-6-4-2/h13,15,41,45,50-51,55-56H,3-12,14,16-40,42-44,46-49H2,1-2H3,(H,54,57)/b15-13-,45-41+. The van der Waals surface area contributed by atoms with Gasteiger partial charge in [0.1, 0.15) is 0 Å². The van der Waals surface area contributed by atoms with Crippen molar-refractivity contribution < 1.29 is 24.5 Å². The minimum atomic E-state index is -0.845. The number of nitrogens with one attached hydrogen (secondary N) is 1. The minimum Gasteiger partial charge on any atom is -0.466 e. The van der Waals surface area contributed by atoms with Gasteiger partial charge in [0.05, 0.1) is 25.4 Å². The molecule has 0 aliphatic heterocycles. The molecule has 0 aromatic rings. The van der Waals surface area contributed by atoms with Gasteiger partial charge in [-0.3, -0.25) is 9.59 Å². The van der Waals surface area contributed by atoms with Crippen molar-refractivity contribution in [3.63, 3.8) is 0 Å². The van der Waals surface area contributed by atoms with Crippen LogP contribution in [0.3, 0.4) is 0 Å². The number of hydrogen-bond donors (Lipinski definition) is 3. The Morgan fingerprint density at radius 2 is 0.797 bits per heavy atom. The molecule has 0 spiro atoms. The Bertz CT molecular complexity index is 920. The fourth-order valence-corrected chi connectivity index (χ4v) is 7.92. The van der Waals surface area contributed by atoms with E-state index in [0.717, 1.165) is 44.9 Å². The van der Waals surface area contributed by atoms with Gasteiger partial charge in [-0.05, 0) is 57.8 Å². The highest BCUT2D eigenvalue weighted by Crippen LogP contribution is 2.16. The average molecular weight is 832 g/mol. The van der Waals surface area contributed by atoms with Crippen molar-refractivity contribution in [2.45, 2.75) is 289 Å². The molecular formula is C53H101NO5. The van der Waals surface area contributed by atoms with E-state index >= 15 is 0 Å². The highest BCUT2D eigenvalue weighted by molar-refractivity contribution is 5.76. The molecule has 0 fully saturated rings. The molecule has 0 aliphatic rings.